The fourth-order valence-electron chi connectivity index (χ4n) is 3.42. The summed E-state index contributed by atoms with van der Waals surface area (Å²) in [6, 6.07) is 9.69. The molecule has 1 aliphatic rings. The van der Waals surface area contributed by atoms with Crippen molar-refractivity contribution < 1.29 is 4.79 Å². The summed E-state index contributed by atoms with van der Waals surface area (Å²) in [5.41, 5.74) is 0.452. The topological polar surface area (TPSA) is 78.1 Å². The third-order valence-electron chi connectivity index (χ3n) is 4.97. The van der Waals surface area contributed by atoms with Crippen LogP contribution < -0.4 is 10.9 Å². The summed E-state index contributed by atoms with van der Waals surface area (Å²) < 4.78 is 0. The maximum atomic E-state index is 12.4. The molecule has 2 N–H and O–H groups in total. The van der Waals surface area contributed by atoms with E-state index in [2.05, 4.69) is 27.1 Å². The third kappa shape index (κ3) is 4.38. The van der Waals surface area contributed by atoms with E-state index in [4.69, 9.17) is 0 Å². The predicted octanol–water partition coefficient (Wildman–Crippen LogP) is 2.43. The Morgan fingerprint density at radius 3 is 2.62 bits per heavy atom. The molecule has 0 aliphatic carbocycles. The lowest BCUT2D eigenvalue weighted by molar-refractivity contribution is 0.0921. The molecule has 1 saturated heterocycles. The molecule has 0 radical (unpaired) electrons. The van der Waals surface area contributed by atoms with Crippen LogP contribution in [0.5, 0.6) is 0 Å². The van der Waals surface area contributed by atoms with Gasteiger partial charge in [-0.3, -0.25) is 14.5 Å². The van der Waals surface area contributed by atoms with Crippen molar-refractivity contribution in [2.24, 2.45) is 0 Å². The van der Waals surface area contributed by atoms with Crippen LogP contribution in [0.4, 0.5) is 0 Å². The molecule has 1 aromatic carbocycles. The molecule has 0 bridgehead atoms. The highest BCUT2D eigenvalue weighted by molar-refractivity contribution is 5.93. The van der Waals surface area contributed by atoms with Gasteiger partial charge in [0.2, 0.25) is 0 Å². The fraction of sp³-hybridized carbons (Fsp3) is 0.450. The highest BCUT2D eigenvalue weighted by atomic mass is 16.2. The zero-order valence-corrected chi connectivity index (χ0v) is 15.2. The zero-order chi connectivity index (χ0) is 18.4. The van der Waals surface area contributed by atoms with E-state index in [0.717, 1.165) is 25.1 Å². The SMILES string of the molecule is CCC(CNC(=O)c1cnc(-c2ccccc2)[nH]c1=O)N1CCCCC1. The number of piperidine rings is 1. The molecule has 0 spiro atoms. The largest absolute Gasteiger partial charge is 0.350 e. The number of carbonyl (C=O) groups excluding carboxylic acids is 1. The van der Waals surface area contributed by atoms with Gasteiger partial charge in [0.15, 0.2) is 0 Å². The Hall–Kier alpha value is -2.47. The van der Waals surface area contributed by atoms with Crippen LogP contribution >= 0.6 is 0 Å². The summed E-state index contributed by atoms with van der Waals surface area (Å²) in [4.78, 5) is 34.1. The minimum Gasteiger partial charge on any atom is -0.350 e. The first-order valence-electron chi connectivity index (χ1n) is 9.36. The van der Waals surface area contributed by atoms with Gasteiger partial charge in [0, 0.05) is 24.3 Å². The lowest BCUT2D eigenvalue weighted by atomic mass is 10.1. The smallest absolute Gasteiger partial charge is 0.264 e. The van der Waals surface area contributed by atoms with Gasteiger partial charge in [0.25, 0.3) is 11.5 Å². The molecule has 0 saturated carbocycles. The van der Waals surface area contributed by atoms with Crippen LogP contribution in [0.15, 0.2) is 41.3 Å². The Morgan fingerprint density at radius 2 is 1.96 bits per heavy atom. The van der Waals surface area contributed by atoms with E-state index < -0.39 is 5.56 Å². The van der Waals surface area contributed by atoms with Gasteiger partial charge in [-0.2, -0.15) is 0 Å². The van der Waals surface area contributed by atoms with Crippen LogP contribution in [0.3, 0.4) is 0 Å². The van der Waals surface area contributed by atoms with Crippen molar-refractivity contribution in [2.75, 3.05) is 19.6 Å². The van der Waals surface area contributed by atoms with Gasteiger partial charge >= 0.3 is 0 Å². The Morgan fingerprint density at radius 1 is 1.23 bits per heavy atom. The number of nitrogens with one attached hydrogen (secondary N) is 2. The van der Waals surface area contributed by atoms with Crippen molar-refractivity contribution in [3.63, 3.8) is 0 Å². The monoisotopic (exact) mass is 354 g/mol. The molecule has 1 unspecified atom stereocenters. The molecular formula is C20H26N4O2. The van der Waals surface area contributed by atoms with Crippen LogP contribution in [0.25, 0.3) is 11.4 Å². The third-order valence-corrected chi connectivity index (χ3v) is 4.97. The number of aromatic nitrogens is 2. The van der Waals surface area contributed by atoms with Gasteiger partial charge in [0.05, 0.1) is 0 Å². The summed E-state index contributed by atoms with van der Waals surface area (Å²) in [6.45, 7) is 4.86. The number of benzene rings is 1. The molecule has 6 nitrogen and oxygen atoms in total. The molecule has 1 aliphatic heterocycles. The van der Waals surface area contributed by atoms with E-state index in [9.17, 15) is 9.59 Å². The first kappa shape index (κ1) is 18.3. The predicted molar refractivity (Wildman–Crippen MR) is 102 cm³/mol. The number of rotatable bonds is 6. The van der Waals surface area contributed by atoms with Crippen molar-refractivity contribution in [1.29, 1.82) is 0 Å². The van der Waals surface area contributed by atoms with Gasteiger partial charge in [-0.05, 0) is 32.4 Å². The lowest BCUT2D eigenvalue weighted by Gasteiger charge is -2.34. The number of hydrogen-bond acceptors (Lipinski definition) is 4. The van der Waals surface area contributed by atoms with Crippen LogP contribution in [-0.4, -0.2) is 46.5 Å². The molecule has 1 aromatic heterocycles. The van der Waals surface area contributed by atoms with Crippen molar-refractivity contribution >= 4 is 5.91 Å². The summed E-state index contributed by atoms with van der Waals surface area (Å²) in [5, 5.41) is 2.91. The summed E-state index contributed by atoms with van der Waals surface area (Å²) in [5.74, 6) is 0.0979. The molecule has 6 heteroatoms. The molecule has 26 heavy (non-hydrogen) atoms. The normalized spacial score (nSPS) is 16.2. The number of H-pyrrole nitrogens is 1. The van der Waals surface area contributed by atoms with E-state index in [-0.39, 0.29) is 11.5 Å². The van der Waals surface area contributed by atoms with E-state index in [1.54, 1.807) is 0 Å². The average molecular weight is 354 g/mol. The summed E-state index contributed by atoms with van der Waals surface area (Å²) in [7, 11) is 0. The van der Waals surface area contributed by atoms with Crippen molar-refractivity contribution in [2.45, 2.75) is 38.6 Å². The first-order valence-corrected chi connectivity index (χ1v) is 9.36. The molecule has 1 fully saturated rings. The number of hydrogen-bond donors (Lipinski definition) is 2. The van der Waals surface area contributed by atoms with Crippen molar-refractivity contribution in [3.05, 3.63) is 52.4 Å². The highest BCUT2D eigenvalue weighted by Gasteiger charge is 2.20. The molecule has 1 amide bonds. The van der Waals surface area contributed by atoms with E-state index in [0.29, 0.717) is 18.4 Å². The highest BCUT2D eigenvalue weighted by Crippen LogP contribution is 2.14. The van der Waals surface area contributed by atoms with Gasteiger partial charge < -0.3 is 10.3 Å². The number of aromatic amines is 1. The van der Waals surface area contributed by atoms with Crippen LogP contribution in [-0.2, 0) is 0 Å². The number of nitrogens with zero attached hydrogens (tertiary/aromatic N) is 2. The maximum absolute atomic E-state index is 12.4. The second-order valence-electron chi connectivity index (χ2n) is 6.71. The number of carbonyl (C=O) groups is 1. The quantitative estimate of drug-likeness (QED) is 0.835. The molecule has 1 atom stereocenters. The zero-order valence-electron chi connectivity index (χ0n) is 15.2. The Balaban J connectivity index is 1.65. The second-order valence-corrected chi connectivity index (χ2v) is 6.71. The Labute approximate surface area is 153 Å². The van der Waals surface area contributed by atoms with Gasteiger partial charge in [-0.25, -0.2) is 4.98 Å². The van der Waals surface area contributed by atoms with Crippen LogP contribution in [0.2, 0.25) is 0 Å². The van der Waals surface area contributed by atoms with E-state index >= 15 is 0 Å². The Bertz CT molecular complexity index is 782. The van der Waals surface area contributed by atoms with Crippen LogP contribution in [0.1, 0.15) is 43.0 Å². The van der Waals surface area contributed by atoms with Crippen molar-refractivity contribution in [1.82, 2.24) is 20.2 Å². The minimum atomic E-state index is -0.414. The first-order chi connectivity index (χ1) is 12.7. The molecule has 2 heterocycles. The molecule has 2 aromatic rings. The average Bonchev–Trinajstić information content (AvgIpc) is 2.69. The standard InChI is InChI=1S/C20H26N4O2/c1-2-16(24-11-7-4-8-12-24)13-22-19(25)17-14-21-18(23-20(17)26)15-9-5-3-6-10-15/h3,5-6,9-10,14,16H,2,4,7-8,11-13H2,1H3,(H,22,25)(H,21,23,26). The summed E-state index contributed by atoms with van der Waals surface area (Å²) in [6.07, 6.45) is 6.05. The molecular weight excluding hydrogens is 328 g/mol. The maximum Gasteiger partial charge on any atom is 0.264 e. The lowest BCUT2D eigenvalue weighted by Crippen LogP contribution is -2.46. The Kier molecular flexibility index (Phi) is 6.17. The number of likely N-dealkylation sites (tertiary alicyclic amines) is 1. The van der Waals surface area contributed by atoms with Gasteiger partial charge in [0.1, 0.15) is 11.4 Å². The van der Waals surface area contributed by atoms with Gasteiger partial charge in [-0.1, -0.05) is 43.7 Å². The number of amides is 1. The van der Waals surface area contributed by atoms with Gasteiger partial charge in [-0.15, -0.1) is 0 Å². The van der Waals surface area contributed by atoms with E-state index in [1.165, 1.54) is 25.5 Å². The second kappa shape index (κ2) is 8.76. The fourth-order valence-corrected chi connectivity index (χ4v) is 3.42. The minimum absolute atomic E-state index is 0.0539. The molecule has 3 rings (SSSR count). The summed E-state index contributed by atoms with van der Waals surface area (Å²) >= 11 is 0. The molecule has 138 valence electrons. The van der Waals surface area contributed by atoms with Crippen LogP contribution in [0, 0.1) is 0 Å². The van der Waals surface area contributed by atoms with Crippen molar-refractivity contribution in [3.8, 4) is 11.4 Å². The van der Waals surface area contributed by atoms with E-state index in [1.807, 2.05) is 30.3 Å².